The molecule has 1 aliphatic heterocycles. The van der Waals surface area contributed by atoms with Gasteiger partial charge in [-0.1, -0.05) is 18.2 Å². The third kappa shape index (κ3) is 3.24. The van der Waals surface area contributed by atoms with Crippen LogP contribution in [0.5, 0.6) is 0 Å². The second-order valence-corrected chi connectivity index (χ2v) is 7.56. The highest BCUT2D eigenvalue weighted by molar-refractivity contribution is 5.51. The van der Waals surface area contributed by atoms with Crippen molar-refractivity contribution in [1.82, 2.24) is 19.9 Å². The zero-order chi connectivity index (χ0) is 18.9. The number of ether oxygens (including phenoxy) is 1. The Labute approximate surface area is 164 Å². The van der Waals surface area contributed by atoms with E-state index in [1.807, 2.05) is 19.5 Å². The summed E-state index contributed by atoms with van der Waals surface area (Å²) in [6.07, 6.45) is 10.9. The molecule has 1 saturated carbocycles. The first-order valence-electron chi connectivity index (χ1n) is 9.79. The van der Waals surface area contributed by atoms with Crippen LogP contribution in [0, 0.1) is 0 Å². The first-order chi connectivity index (χ1) is 13.8. The first kappa shape index (κ1) is 17.3. The van der Waals surface area contributed by atoms with Gasteiger partial charge in [0.25, 0.3) is 0 Å². The fourth-order valence-corrected chi connectivity index (χ4v) is 4.10. The number of aromatic nitrogens is 4. The largest absolute Gasteiger partial charge is 0.381 e. The van der Waals surface area contributed by atoms with Crippen LogP contribution in [0.3, 0.4) is 0 Å². The van der Waals surface area contributed by atoms with Crippen molar-refractivity contribution in [3.63, 3.8) is 0 Å². The van der Waals surface area contributed by atoms with Gasteiger partial charge in [0, 0.05) is 32.6 Å². The first-order valence-corrected chi connectivity index (χ1v) is 9.79. The van der Waals surface area contributed by atoms with Gasteiger partial charge in [-0.25, -0.2) is 19.9 Å². The summed E-state index contributed by atoms with van der Waals surface area (Å²) in [7, 11) is 1.81. The van der Waals surface area contributed by atoms with Crippen molar-refractivity contribution in [3.8, 4) is 11.6 Å². The molecule has 3 heterocycles. The lowest BCUT2D eigenvalue weighted by molar-refractivity contribution is 0.0257. The average Bonchev–Trinajstić information content (AvgIpc) is 2.73. The lowest BCUT2D eigenvalue weighted by Crippen LogP contribution is -2.31. The van der Waals surface area contributed by atoms with Gasteiger partial charge >= 0.3 is 0 Å². The predicted molar refractivity (Wildman–Crippen MR) is 107 cm³/mol. The van der Waals surface area contributed by atoms with Gasteiger partial charge in [-0.05, 0) is 47.9 Å². The number of benzene rings is 1. The minimum Gasteiger partial charge on any atom is -0.381 e. The molecule has 0 atom stereocenters. The highest BCUT2D eigenvalue weighted by Gasteiger charge is 2.31. The summed E-state index contributed by atoms with van der Waals surface area (Å²) >= 11 is 0. The Hall–Kier alpha value is -2.86. The Morgan fingerprint density at radius 3 is 2.46 bits per heavy atom. The molecule has 5 rings (SSSR count). The van der Waals surface area contributed by atoms with Crippen LogP contribution in [0.4, 0.5) is 5.69 Å². The zero-order valence-corrected chi connectivity index (χ0v) is 16.0. The van der Waals surface area contributed by atoms with Gasteiger partial charge in [-0.2, -0.15) is 0 Å². The molecule has 3 aromatic rings. The van der Waals surface area contributed by atoms with E-state index in [1.165, 1.54) is 16.7 Å². The predicted octanol–water partition coefficient (Wildman–Crippen LogP) is 3.39. The highest BCUT2D eigenvalue weighted by Crippen LogP contribution is 2.39. The van der Waals surface area contributed by atoms with Gasteiger partial charge in [-0.3, -0.25) is 0 Å². The van der Waals surface area contributed by atoms with Crippen LogP contribution in [0.1, 0.15) is 35.4 Å². The van der Waals surface area contributed by atoms with E-state index in [1.54, 1.807) is 18.5 Å². The Morgan fingerprint density at radius 1 is 0.964 bits per heavy atom. The van der Waals surface area contributed by atoms with Crippen molar-refractivity contribution in [2.75, 3.05) is 18.6 Å². The van der Waals surface area contributed by atoms with Gasteiger partial charge < -0.3 is 9.64 Å². The standard InChI is InChI=1S/C22H23N5O/c1-28-20-10-17(11-20)16-4-3-15-5-8-27(14-18(15)9-16)19-12-25-22(26-13-19)21-23-6-2-7-24-21/h2-4,6-7,9,12-13,17,20H,5,8,10-11,14H2,1H3. The maximum absolute atomic E-state index is 5.44. The van der Waals surface area contributed by atoms with Gasteiger partial charge in [-0.15, -0.1) is 0 Å². The van der Waals surface area contributed by atoms with Gasteiger partial charge in [0.1, 0.15) is 0 Å². The van der Waals surface area contributed by atoms with Crippen LogP contribution in [-0.2, 0) is 17.7 Å². The average molecular weight is 373 g/mol. The molecule has 0 amide bonds. The molecular formula is C22H23N5O. The van der Waals surface area contributed by atoms with E-state index < -0.39 is 0 Å². The smallest absolute Gasteiger partial charge is 0.197 e. The molecule has 1 fully saturated rings. The summed E-state index contributed by atoms with van der Waals surface area (Å²) < 4.78 is 5.44. The second kappa shape index (κ2) is 7.28. The Morgan fingerprint density at radius 2 is 1.71 bits per heavy atom. The summed E-state index contributed by atoms with van der Waals surface area (Å²) in [5, 5.41) is 0. The van der Waals surface area contributed by atoms with Crippen molar-refractivity contribution in [2.24, 2.45) is 0 Å². The molecule has 0 unspecified atom stereocenters. The maximum Gasteiger partial charge on any atom is 0.197 e. The maximum atomic E-state index is 5.44. The van der Waals surface area contributed by atoms with Crippen molar-refractivity contribution < 1.29 is 4.74 Å². The number of hydrogen-bond acceptors (Lipinski definition) is 6. The normalized spacial score (nSPS) is 21.1. The zero-order valence-electron chi connectivity index (χ0n) is 16.0. The fourth-order valence-electron chi connectivity index (χ4n) is 4.10. The molecule has 0 radical (unpaired) electrons. The number of hydrogen-bond donors (Lipinski definition) is 0. The third-order valence-electron chi connectivity index (χ3n) is 5.91. The molecule has 142 valence electrons. The van der Waals surface area contributed by atoms with Gasteiger partial charge in [0.15, 0.2) is 11.6 Å². The minimum atomic E-state index is 0.432. The van der Waals surface area contributed by atoms with Crippen LogP contribution in [-0.4, -0.2) is 39.7 Å². The Balaban J connectivity index is 1.32. The van der Waals surface area contributed by atoms with Crippen LogP contribution in [0.25, 0.3) is 11.6 Å². The van der Waals surface area contributed by atoms with Crippen molar-refractivity contribution in [2.45, 2.75) is 37.8 Å². The van der Waals surface area contributed by atoms with Crippen LogP contribution < -0.4 is 4.90 Å². The van der Waals surface area contributed by atoms with Crippen molar-refractivity contribution in [3.05, 3.63) is 65.7 Å². The van der Waals surface area contributed by atoms with Gasteiger partial charge in [0.2, 0.25) is 0 Å². The molecule has 0 bridgehead atoms. The van der Waals surface area contributed by atoms with Crippen LogP contribution in [0.15, 0.2) is 49.1 Å². The van der Waals surface area contributed by atoms with E-state index in [9.17, 15) is 0 Å². The summed E-state index contributed by atoms with van der Waals surface area (Å²) in [6.45, 7) is 1.88. The minimum absolute atomic E-state index is 0.432. The van der Waals surface area contributed by atoms with E-state index >= 15 is 0 Å². The second-order valence-electron chi connectivity index (χ2n) is 7.56. The molecule has 6 heteroatoms. The monoisotopic (exact) mass is 373 g/mol. The number of nitrogens with zero attached hydrogens (tertiary/aromatic N) is 5. The number of anilines is 1. The molecule has 0 saturated heterocycles. The number of methoxy groups -OCH3 is 1. The van der Waals surface area contributed by atoms with E-state index in [0.717, 1.165) is 38.0 Å². The topological polar surface area (TPSA) is 64.0 Å². The quantitative estimate of drug-likeness (QED) is 0.698. The van der Waals surface area contributed by atoms with E-state index in [0.29, 0.717) is 23.7 Å². The molecule has 2 aromatic heterocycles. The Bertz CT molecular complexity index is 954. The van der Waals surface area contributed by atoms with E-state index in [-0.39, 0.29) is 0 Å². The summed E-state index contributed by atoms with van der Waals surface area (Å²) in [6, 6.07) is 8.80. The van der Waals surface area contributed by atoms with Gasteiger partial charge in [0.05, 0.1) is 24.2 Å². The van der Waals surface area contributed by atoms with Crippen molar-refractivity contribution >= 4 is 5.69 Å². The Kier molecular flexibility index (Phi) is 4.49. The SMILES string of the molecule is COC1CC(c2ccc3c(c2)CN(c2cnc(-c4ncccn4)nc2)CC3)C1. The fraction of sp³-hybridized carbons (Fsp3) is 0.364. The molecule has 1 aliphatic carbocycles. The highest BCUT2D eigenvalue weighted by atomic mass is 16.5. The summed E-state index contributed by atoms with van der Waals surface area (Å²) in [5.74, 6) is 1.75. The molecular weight excluding hydrogens is 350 g/mol. The molecule has 2 aliphatic rings. The lowest BCUT2D eigenvalue weighted by atomic mass is 9.76. The van der Waals surface area contributed by atoms with Crippen molar-refractivity contribution in [1.29, 1.82) is 0 Å². The molecule has 28 heavy (non-hydrogen) atoms. The lowest BCUT2D eigenvalue weighted by Gasteiger charge is -2.36. The molecule has 0 N–H and O–H groups in total. The molecule has 0 spiro atoms. The number of rotatable bonds is 4. The third-order valence-corrected chi connectivity index (χ3v) is 5.91. The van der Waals surface area contributed by atoms with Crippen LogP contribution in [0.2, 0.25) is 0 Å². The van der Waals surface area contributed by atoms with Crippen LogP contribution >= 0.6 is 0 Å². The molecule has 6 nitrogen and oxygen atoms in total. The van der Waals surface area contributed by atoms with E-state index in [4.69, 9.17) is 4.74 Å². The summed E-state index contributed by atoms with van der Waals surface area (Å²) in [5.41, 5.74) is 5.36. The number of fused-ring (bicyclic) bond motifs is 1. The molecule has 1 aromatic carbocycles. The van der Waals surface area contributed by atoms with E-state index in [2.05, 4.69) is 43.0 Å². The summed E-state index contributed by atoms with van der Waals surface area (Å²) in [4.78, 5) is 19.7.